The Labute approximate surface area is 162 Å². The van der Waals surface area contributed by atoms with E-state index in [2.05, 4.69) is 4.99 Å². The first kappa shape index (κ1) is 17.8. The van der Waals surface area contributed by atoms with Gasteiger partial charge < -0.3 is 14.2 Å². The second-order valence-electron chi connectivity index (χ2n) is 6.24. The van der Waals surface area contributed by atoms with Crippen molar-refractivity contribution in [1.82, 2.24) is 0 Å². The Hall–Kier alpha value is -3.60. The van der Waals surface area contributed by atoms with Gasteiger partial charge in [0.1, 0.15) is 0 Å². The van der Waals surface area contributed by atoms with Crippen molar-refractivity contribution in [2.24, 2.45) is 4.99 Å². The summed E-state index contributed by atoms with van der Waals surface area (Å²) in [5, 5.41) is 2.18. The molecule has 0 amide bonds. The Morgan fingerprint density at radius 3 is 2.61 bits per heavy atom. The summed E-state index contributed by atoms with van der Waals surface area (Å²) < 4.78 is 16.3. The van der Waals surface area contributed by atoms with Crippen LogP contribution in [-0.2, 0) is 9.53 Å². The van der Waals surface area contributed by atoms with Crippen molar-refractivity contribution in [2.75, 3.05) is 13.7 Å². The van der Waals surface area contributed by atoms with Crippen LogP contribution in [0, 0.1) is 0 Å². The molecule has 0 N–H and O–H groups in total. The predicted octanol–water partition coefficient (Wildman–Crippen LogP) is 4.59. The van der Waals surface area contributed by atoms with Gasteiger partial charge in [0.2, 0.25) is 5.90 Å². The summed E-state index contributed by atoms with van der Waals surface area (Å²) in [6.07, 6.45) is 1.68. The highest BCUT2D eigenvalue weighted by molar-refractivity contribution is 6.13. The van der Waals surface area contributed by atoms with Crippen LogP contribution in [0.1, 0.15) is 18.1 Å². The molecule has 5 nitrogen and oxygen atoms in total. The number of hydrogen-bond donors (Lipinski definition) is 0. The molecule has 28 heavy (non-hydrogen) atoms. The van der Waals surface area contributed by atoms with Crippen LogP contribution in [0.3, 0.4) is 0 Å². The molecule has 1 heterocycles. The van der Waals surface area contributed by atoms with Crippen molar-refractivity contribution in [2.45, 2.75) is 6.92 Å². The monoisotopic (exact) mass is 373 g/mol. The molecule has 0 atom stereocenters. The van der Waals surface area contributed by atoms with E-state index in [1.54, 1.807) is 19.3 Å². The summed E-state index contributed by atoms with van der Waals surface area (Å²) in [6.45, 7) is 2.45. The van der Waals surface area contributed by atoms with Crippen LogP contribution in [0.5, 0.6) is 11.5 Å². The predicted molar refractivity (Wildman–Crippen MR) is 109 cm³/mol. The zero-order valence-corrected chi connectivity index (χ0v) is 15.6. The van der Waals surface area contributed by atoms with E-state index in [0.29, 0.717) is 24.0 Å². The summed E-state index contributed by atoms with van der Waals surface area (Å²) in [5.74, 6) is 1.08. The molecule has 0 aromatic heterocycles. The topological polar surface area (TPSA) is 57.1 Å². The lowest BCUT2D eigenvalue weighted by Crippen LogP contribution is -2.05. The maximum absolute atomic E-state index is 12.3. The van der Waals surface area contributed by atoms with E-state index >= 15 is 0 Å². The van der Waals surface area contributed by atoms with Crippen LogP contribution in [0.15, 0.2) is 71.4 Å². The summed E-state index contributed by atoms with van der Waals surface area (Å²) in [7, 11) is 1.58. The number of aliphatic imine (C=N–C) groups is 1. The Morgan fingerprint density at radius 1 is 1.00 bits per heavy atom. The fraction of sp³-hybridized carbons (Fsp3) is 0.130. The first-order chi connectivity index (χ1) is 13.7. The SMILES string of the molecule is CCOc1ccc(/C=C2\N=C(c3ccc4ccccc4c3)OC2=O)cc1OC. The average Bonchev–Trinajstić information content (AvgIpc) is 3.09. The number of rotatable bonds is 5. The van der Waals surface area contributed by atoms with E-state index in [0.717, 1.165) is 21.9 Å². The number of ether oxygens (including phenoxy) is 3. The molecule has 0 saturated carbocycles. The standard InChI is InChI=1S/C23H19NO4/c1-3-27-20-11-8-15(13-21(20)26-2)12-19-23(25)28-22(24-19)18-10-9-16-6-4-5-7-17(16)14-18/h4-14H,3H2,1-2H3/b19-12-. The third-order valence-electron chi connectivity index (χ3n) is 4.41. The van der Waals surface area contributed by atoms with Crippen molar-refractivity contribution in [3.63, 3.8) is 0 Å². The Kier molecular flexibility index (Phi) is 4.81. The molecule has 0 radical (unpaired) electrons. The first-order valence-corrected chi connectivity index (χ1v) is 9.00. The van der Waals surface area contributed by atoms with Gasteiger partial charge in [-0.2, -0.15) is 0 Å². The van der Waals surface area contributed by atoms with Crippen LogP contribution in [0.4, 0.5) is 0 Å². The molecule has 3 aromatic rings. The lowest BCUT2D eigenvalue weighted by molar-refractivity contribution is -0.129. The molecule has 0 spiro atoms. The summed E-state index contributed by atoms with van der Waals surface area (Å²) in [6, 6.07) is 19.3. The van der Waals surface area contributed by atoms with E-state index < -0.39 is 5.97 Å². The highest BCUT2D eigenvalue weighted by Crippen LogP contribution is 2.30. The summed E-state index contributed by atoms with van der Waals surface area (Å²) in [4.78, 5) is 16.7. The molecule has 140 valence electrons. The first-order valence-electron chi connectivity index (χ1n) is 9.00. The molecule has 4 rings (SSSR count). The molecule has 0 fully saturated rings. The van der Waals surface area contributed by atoms with Crippen molar-refractivity contribution in [3.8, 4) is 11.5 Å². The Bertz CT molecular complexity index is 1110. The number of esters is 1. The smallest absolute Gasteiger partial charge is 0.363 e. The minimum absolute atomic E-state index is 0.245. The Balaban J connectivity index is 1.66. The average molecular weight is 373 g/mol. The number of cyclic esters (lactones) is 1. The fourth-order valence-electron chi connectivity index (χ4n) is 3.06. The molecule has 0 aliphatic carbocycles. The number of carbonyl (C=O) groups excluding carboxylic acids is 1. The van der Waals surface area contributed by atoms with Gasteiger partial charge in [0.15, 0.2) is 17.2 Å². The van der Waals surface area contributed by atoms with Gasteiger partial charge in [-0.3, -0.25) is 0 Å². The normalized spacial score (nSPS) is 14.9. The lowest BCUT2D eigenvalue weighted by atomic mass is 10.1. The molecule has 0 unspecified atom stereocenters. The quantitative estimate of drug-likeness (QED) is 0.485. The van der Waals surface area contributed by atoms with Gasteiger partial charge >= 0.3 is 5.97 Å². The van der Waals surface area contributed by atoms with E-state index in [9.17, 15) is 4.79 Å². The van der Waals surface area contributed by atoms with Crippen molar-refractivity contribution in [3.05, 3.63) is 77.5 Å². The van der Waals surface area contributed by atoms with Crippen LogP contribution in [-0.4, -0.2) is 25.6 Å². The second kappa shape index (κ2) is 7.56. The van der Waals surface area contributed by atoms with Gasteiger partial charge in [-0.05, 0) is 53.6 Å². The number of nitrogens with zero attached hydrogens (tertiary/aromatic N) is 1. The number of methoxy groups -OCH3 is 1. The minimum Gasteiger partial charge on any atom is -0.493 e. The molecule has 3 aromatic carbocycles. The summed E-state index contributed by atoms with van der Waals surface area (Å²) >= 11 is 0. The molecule has 0 saturated heterocycles. The fourth-order valence-corrected chi connectivity index (χ4v) is 3.06. The number of fused-ring (bicyclic) bond motifs is 1. The third kappa shape index (κ3) is 3.47. The van der Waals surface area contributed by atoms with E-state index in [4.69, 9.17) is 14.2 Å². The molecule has 1 aliphatic rings. The van der Waals surface area contributed by atoms with Gasteiger partial charge in [0, 0.05) is 5.56 Å². The number of hydrogen-bond acceptors (Lipinski definition) is 5. The van der Waals surface area contributed by atoms with Crippen LogP contribution < -0.4 is 9.47 Å². The maximum Gasteiger partial charge on any atom is 0.363 e. The van der Waals surface area contributed by atoms with Gasteiger partial charge in [0.25, 0.3) is 0 Å². The van der Waals surface area contributed by atoms with Crippen molar-refractivity contribution >= 4 is 28.7 Å². The van der Waals surface area contributed by atoms with Gasteiger partial charge in [0.05, 0.1) is 13.7 Å². The van der Waals surface area contributed by atoms with Gasteiger partial charge in [-0.25, -0.2) is 9.79 Å². The van der Waals surface area contributed by atoms with Crippen LogP contribution >= 0.6 is 0 Å². The van der Waals surface area contributed by atoms with E-state index in [-0.39, 0.29) is 5.70 Å². The van der Waals surface area contributed by atoms with E-state index in [1.165, 1.54) is 0 Å². The Morgan fingerprint density at radius 2 is 1.82 bits per heavy atom. The van der Waals surface area contributed by atoms with Crippen molar-refractivity contribution in [1.29, 1.82) is 0 Å². The highest BCUT2D eigenvalue weighted by Gasteiger charge is 2.24. The third-order valence-corrected chi connectivity index (χ3v) is 4.41. The van der Waals surface area contributed by atoms with Crippen LogP contribution in [0.2, 0.25) is 0 Å². The molecule has 0 bridgehead atoms. The minimum atomic E-state index is -0.476. The van der Waals surface area contributed by atoms with Gasteiger partial charge in [-0.15, -0.1) is 0 Å². The molecular formula is C23H19NO4. The summed E-state index contributed by atoms with van der Waals surface area (Å²) in [5.41, 5.74) is 1.78. The van der Waals surface area contributed by atoms with Crippen molar-refractivity contribution < 1.29 is 19.0 Å². The largest absolute Gasteiger partial charge is 0.493 e. The second-order valence-corrected chi connectivity index (χ2v) is 6.24. The highest BCUT2D eigenvalue weighted by atomic mass is 16.6. The van der Waals surface area contributed by atoms with Crippen LogP contribution in [0.25, 0.3) is 16.8 Å². The molecular weight excluding hydrogens is 354 g/mol. The zero-order valence-electron chi connectivity index (χ0n) is 15.6. The zero-order chi connectivity index (χ0) is 19.5. The number of carbonyl (C=O) groups is 1. The lowest BCUT2D eigenvalue weighted by Gasteiger charge is -2.09. The van der Waals surface area contributed by atoms with E-state index in [1.807, 2.05) is 61.5 Å². The number of benzene rings is 3. The molecule has 1 aliphatic heterocycles. The maximum atomic E-state index is 12.3. The molecule has 5 heteroatoms. The van der Waals surface area contributed by atoms with Gasteiger partial charge in [-0.1, -0.05) is 36.4 Å².